The van der Waals surface area contributed by atoms with Gasteiger partial charge in [-0.05, 0) is 37.5 Å². The number of rotatable bonds is 7. The number of aryl methyl sites for hydroxylation is 1. The Kier molecular flexibility index (Phi) is 5.65. The Hall–Kier alpha value is -1.28. The zero-order valence-electron chi connectivity index (χ0n) is 9.86. The van der Waals surface area contributed by atoms with E-state index in [4.69, 9.17) is 4.74 Å². The molecule has 0 radical (unpaired) electrons. The maximum absolute atomic E-state index is 9.59. The van der Waals surface area contributed by atoms with Gasteiger partial charge in [-0.1, -0.05) is 18.2 Å². The third kappa shape index (κ3) is 4.99. The molecule has 0 fully saturated rings. The summed E-state index contributed by atoms with van der Waals surface area (Å²) in [4.78, 5) is 0. The lowest BCUT2D eigenvalue weighted by molar-refractivity contribution is 0.132. The summed E-state index contributed by atoms with van der Waals surface area (Å²) in [6.07, 6.45) is 3.82. The van der Waals surface area contributed by atoms with Crippen LogP contribution in [0.15, 0.2) is 36.9 Å². The van der Waals surface area contributed by atoms with Gasteiger partial charge in [-0.3, -0.25) is 0 Å². The van der Waals surface area contributed by atoms with Crippen molar-refractivity contribution in [1.82, 2.24) is 0 Å². The van der Waals surface area contributed by atoms with Gasteiger partial charge >= 0.3 is 0 Å². The first-order valence-corrected chi connectivity index (χ1v) is 5.71. The van der Waals surface area contributed by atoms with Gasteiger partial charge in [0.2, 0.25) is 0 Å². The smallest absolute Gasteiger partial charge is 0.119 e. The molecule has 0 saturated carbocycles. The molecule has 1 aromatic carbocycles. The maximum atomic E-state index is 9.59. The van der Waals surface area contributed by atoms with Crippen LogP contribution in [0.2, 0.25) is 0 Å². The van der Waals surface area contributed by atoms with Crippen LogP contribution in [0.3, 0.4) is 0 Å². The van der Waals surface area contributed by atoms with Gasteiger partial charge in [0.15, 0.2) is 0 Å². The Balaban J connectivity index is 2.22. The molecular formula is C14H20O2. The molecule has 1 atom stereocenters. The van der Waals surface area contributed by atoms with E-state index in [0.29, 0.717) is 13.0 Å². The molecule has 2 nitrogen and oxygen atoms in total. The lowest BCUT2D eigenvalue weighted by Gasteiger charge is -2.10. The summed E-state index contributed by atoms with van der Waals surface area (Å²) in [6, 6.07) is 7.93. The minimum Gasteiger partial charge on any atom is -0.493 e. The van der Waals surface area contributed by atoms with E-state index in [-0.39, 0.29) is 6.10 Å². The van der Waals surface area contributed by atoms with E-state index in [2.05, 4.69) is 6.58 Å². The van der Waals surface area contributed by atoms with Crippen molar-refractivity contribution in [3.05, 3.63) is 42.5 Å². The lowest BCUT2D eigenvalue weighted by atomic mass is 10.1. The van der Waals surface area contributed by atoms with Crippen LogP contribution in [0.1, 0.15) is 24.8 Å². The molecule has 0 aliphatic carbocycles. The first-order valence-electron chi connectivity index (χ1n) is 5.71. The van der Waals surface area contributed by atoms with E-state index in [1.807, 2.05) is 37.3 Å². The number of hydrogen-bond acceptors (Lipinski definition) is 2. The molecule has 0 aliphatic heterocycles. The van der Waals surface area contributed by atoms with Crippen molar-refractivity contribution >= 4 is 0 Å². The van der Waals surface area contributed by atoms with E-state index in [0.717, 1.165) is 18.6 Å². The van der Waals surface area contributed by atoms with E-state index in [1.165, 1.54) is 5.56 Å². The topological polar surface area (TPSA) is 29.5 Å². The molecule has 88 valence electrons. The third-order valence-corrected chi connectivity index (χ3v) is 2.41. The maximum Gasteiger partial charge on any atom is 0.119 e. The van der Waals surface area contributed by atoms with Crippen molar-refractivity contribution in [3.8, 4) is 5.75 Å². The molecule has 0 saturated heterocycles. The van der Waals surface area contributed by atoms with Crippen LogP contribution in [0, 0.1) is 6.92 Å². The molecule has 1 unspecified atom stereocenters. The SMILES string of the molecule is C=CCCC(O)CCOc1cccc(C)c1. The van der Waals surface area contributed by atoms with Crippen molar-refractivity contribution in [2.45, 2.75) is 32.3 Å². The molecule has 0 spiro atoms. The van der Waals surface area contributed by atoms with Gasteiger partial charge < -0.3 is 9.84 Å². The Labute approximate surface area is 97.6 Å². The molecule has 0 aliphatic rings. The standard InChI is InChI=1S/C14H20O2/c1-3-4-7-13(15)9-10-16-14-8-5-6-12(2)11-14/h3,5-6,8,11,13,15H,1,4,7,9-10H2,2H3. The van der Waals surface area contributed by atoms with Crippen molar-refractivity contribution in [2.75, 3.05) is 6.61 Å². The number of benzene rings is 1. The van der Waals surface area contributed by atoms with Crippen LogP contribution in [0.5, 0.6) is 5.75 Å². The highest BCUT2D eigenvalue weighted by atomic mass is 16.5. The summed E-state index contributed by atoms with van der Waals surface area (Å²) in [7, 11) is 0. The van der Waals surface area contributed by atoms with Gasteiger partial charge in [0.05, 0.1) is 12.7 Å². The average Bonchev–Trinajstić information content (AvgIpc) is 2.26. The molecule has 1 N–H and O–H groups in total. The zero-order chi connectivity index (χ0) is 11.8. The number of hydrogen-bond donors (Lipinski definition) is 1. The molecular weight excluding hydrogens is 200 g/mol. The summed E-state index contributed by atoms with van der Waals surface area (Å²) in [6.45, 7) is 6.22. The average molecular weight is 220 g/mol. The van der Waals surface area contributed by atoms with Crippen molar-refractivity contribution in [2.24, 2.45) is 0 Å². The van der Waals surface area contributed by atoms with Gasteiger partial charge in [0, 0.05) is 6.42 Å². The predicted octanol–water partition coefficient (Wildman–Crippen LogP) is 3.09. The van der Waals surface area contributed by atoms with Crippen LogP contribution in [-0.4, -0.2) is 17.8 Å². The highest BCUT2D eigenvalue weighted by molar-refractivity contribution is 5.27. The van der Waals surface area contributed by atoms with Gasteiger partial charge in [-0.2, -0.15) is 0 Å². The van der Waals surface area contributed by atoms with Gasteiger partial charge in [0.1, 0.15) is 5.75 Å². The highest BCUT2D eigenvalue weighted by Crippen LogP contribution is 2.13. The van der Waals surface area contributed by atoms with E-state index >= 15 is 0 Å². The normalized spacial score (nSPS) is 12.1. The largest absolute Gasteiger partial charge is 0.493 e. The second-order valence-electron chi connectivity index (χ2n) is 3.97. The third-order valence-electron chi connectivity index (χ3n) is 2.41. The quantitative estimate of drug-likeness (QED) is 0.715. The summed E-state index contributed by atoms with van der Waals surface area (Å²) in [5.74, 6) is 0.871. The molecule has 0 bridgehead atoms. The molecule has 16 heavy (non-hydrogen) atoms. The number of aliphatic hydroxyl groups excluding tert-OH is 1. The number of aliphatic hydroxyl groups is 1. The van der Waals surface area contributed by atoms with E-state index in [9.17, 15) is 5.11 Å². The molecule has 2 heteroatoms. The number of allylic oxidation sites excluding steroid dienone is 1. The summed E-state index contributed by atoms with van der Waals surface area (Å²) < 4.78 is 5.55. The lowest BCUT2D eigenvalue weighted by Crippen LogP contribution is -2.11. The van der Waals surface area contributed by atoms with Crippen LogP contribution in [0.4, 0.5) is 0 Å². The molecule has 1 rings (SSSR count). The molecule has 0 heterocycles. The first-order chi connectivity index (χ1) is 7.72. The van der Waals surface area contributed by atoms with E-state index in [1.54, 1.807) is 0 Å². The zero-order valence-corrected chi connectivity index (χ0v) is 9.86. The Morgan fingerprint density at radius 3 is 2.94 bits per heavy atom. The van der Waals surface area contributed by atoms with Crippen LogP contribution < -0.4 is 4.74 Å². The van der Waals surface area contributed by atoms with Crippen molar-refractivity contribution in [3.63, 3.8) is 0 Å². The fourth-order valence-corrected chi connectivity index (χ4v) is 1.47. The van der Waals surface area contributed by atoms with Gasteiger partial charge in [-0.15, -0.1) is 6.58 Å². The summed E-state index contributed by atoms with van der Waals surface area (Å²) in [5, 5.41) is 9.59. The molecule has 1 aromatic rings. The van der Waals surface area contributed by atoms with Crippen LogP contribution in [0.25, 0.3) is 0 Å². The second kappa shape index (κ2) is 7.07. The van der Waals surface area contributed by atoms with Crippen molar-refractivity contribution < 1.29 is 9.84 Å². The monoisotopic (exact) mass is 220 g/mol. The van der Waals surface area contributed by atoms with Crippen molar-refractivity contribution in [1.29, 1.82) is 0 Å². The predicted molar refractivity (Wildman–Crippen MR) is 66.7 cm³/mol. The van der Waals surface area contributed by atoms with Crippen LogP contribution in [-0.2, 0) is 0 Å². The minimum atomic E-state index is -0.289. The fourth-order valence-electron chi connectivity index (χ4n) is 1.47. The van der Waals surface area contributed by atoms with Gasteiger partial charge in [0.25, 0.3) is 0 Å². The summed E-state index contributed by atoms with van der Waals surface area (Å²) in [5.41, 5.74) is 1.18. The second-order valence-corrected chi connectivity index (χ2v) is 3.97. The van der Waals surface area contributed by atoms with E-state index < -0.39 is 0 Å². The Bertz CT molecular complexity index is 320. The fraction of sp³-hybridized carbons (Fsp3) is 0.429. The van der Waals surface area contributed by atoms with Crippen LogP contribution >= 0.6 is 0 Å². The first kappa shape index (κ1) is 12.8. The summed E-state index contributed by atoms with van der Waals surface area (Å²) >= 11 is 0. The Morgan fingerprint density at radius 1 is 1.44 bits per heavy atom. The number of ether oxygens (including phenoxy) is 1. The minimum absolute atomic E-state index is 0.289. The molecule has 0 aromatic heterocycles. The van der Waals surface area contributed by atoms with Gasteiger partial charge in [-0.25, -0.2) is 0 Å². The molecule has 0 amide bonds. The highest BCUT2D eigenvalue weighted by Gasteiger charge is 2.03. The Morgan fingerprint density at radius 2 is 2.25 bits per heavy atom.